The topological polar surface area (TPSA) is 108 Å². The summed E-state index contributed by atoms with van der Waals surface area (Å²) in [7, 11) is 0. The van der Waals surface area contributed by atoms with Gasteiger partial charge in [0.25, 0.3) is 5.91 Å². The summed E-state index contributed by atoms with van der Waals surface area (Å²) < 4.78 is 0.902. The average Bonchev–Trinajstić information content (AvgIpc) is 3.14. The fraction of sp³-hybridized carbons (Fsp3) is 0.211. The van der Waals surface area contributed by atoms with Gasteiger partial charge < -0.3 is 4.98 Å². The molecule has 8 nitrogen and oxygen atoms in total. The molecule has 0 atom stereocenters. The zero-order valence-electron chi connectivity index (χ0n) is 15.5. The van der Waals surface area contributed by atoms with Crippen molar-refractivity contribution in [3.63, 3.8) is 0 Å². The normalized spacial score (nSPS) is 11.3. The maximum absolute atomic E-state index is 12.6. The molecule has 0 spiro atoms. The van der Waals surface area contributed by atoms with Gasteiger partial charge in [0.05, 0.1) is 6.33 Å². The van der Waals surface area contributed by atoms with Crippen molar-refractivity contribution in [2.75, 3.05) is 11.9 Å². The summed E-state index contributed by atoms with van der Waals surface area (Å²) in [6, 6.07) is 8.96. The second-order valence-corrected chi connectivity index (χ2v) is 7.03. The summed E-state index contributed by atoms with van der Waals surface area (Å²) in [6.45, 7) is 4.22. The van der Waals surface area contributed by atoms with Crippen molar-refractivity contribution in [1.82, 2.24) is 25.3 Å². The molecule has 0 saturated carbocycles. The van der Waals surface area contributed by atoms with E-state index in [-0.39, 0.29) is 11.9 Å². The van der Waals surface area contributed by atoms with Gasteiger partial charge in [-0.2, -0.15) is 0 Å². The molecule has 1 aromatic carbocycles. The van der Waals surface area contributed by atoms with Crippen LogP contribution in [0.5, 0.6) is 0 Å². The van der Waals surface area contributed by atoms with Gasteiger partial charge in [-0.3, -0.25) is 20.4 Å². The lowest BCUT2D eigenvalue weighted by molar-refractivity contribution is 0.0977. The molecule has 0 aliphatic rings. The highest BCUT2D eigenvalue weighted by Crippen LogP contribution is 2.10. The van der Waals surface area contributed by atoms with Gasteiger partial charge in [0.15, 0.2) is 0 Å². The van der Waals surface area contributed by atoms with Crippen LogP contribution in [0.3, 0.4) is 0 Å². The number of hydrogen-bond acceptors (Lipinski definition) is 5. The first-order valence-electron chi connectivity index (χ1n) is 8.67. The molecule has 3 rings (SSSR count). The molecular formula is C19H20BrN7O. The van der Waals surface area contributed by atoms with E-state index in [9.17, 15) is 4.79 Å². The number of H-pyrrole nitrogens is 1. The number of benzene rings is 1. The minimum absolute atomic E-state index is 0.273. The fourth-order valence-corrected chi connectivity index (χ4v) is 2.75. The van der Waals surface area contributed by atoms with E-state index in [1.54, 1.807) is 24.7 Å². The lowest BCUT2D eigenvalue weighted by Crippen LogP contribution is -2.37. The summed E-state index contributed by atoms with van der Waals surface area (Å²) >= 11 is 3.36. The molecule has 0 radical (unpaired) electrons. The highest BCUT2D eigenvalue weighted by molar-refractivity contribution is 9.10. The van der Waals surface area contributed by atoms with Gasteiger partial charge in [-0.1, -0.05) is 15.9 Å². The number of nitrogens with zero attached hydrogens (tertiary/aromatic N) is 4. The predicted molar refractivity (Wildman–Crippen MR) is 111 cm³/mol. The minimum Gasteiger partial charge on any atom is -0.348 e. The molecule has 144 valence electrons. The minimum atomic E-state index is -0.273. The van der Waals surface area contributed by atoms with E-state index in [1.165, 1.54) is 0 Å². The highest BCUT2D eigenvalue weighted by atomic mass is 79.9. The van der Waals surface area contributed by atoms with Crippen LogP contribution in [-0.2, 0) is 6.42 Å². The molecule has 3 N–H and O–H groups in total. The molecular weight excluding hydrogens is 422 g/mol. The van der Waals surface area contributed by atoms with Crippen LogP contribution in [0.25, 0.3) is 0 Å². The number of aromatic amines is 1. The van der Waals surface area contributed by atoms with Crippen LogP contribution < -0.4 is 10.6 Å². The van der Waals surface area contributed by atoms with E-state index in [4.69, 9.17) is 0 Å². The number of amides is 1. The van der Waals surface area contributed by atoms with Gasteiger partial charge in [0.2, 0.25) is 11.9 Å². The summed E-state index contributed by atoms with van der Waals surface area (Å²) in [5.41, 5.74) is 3.13. The van der Waals surface area contributed by atoms with Crippen LogP contribution >= 0.6 is 15.9 Å². The maximum Gasteiger partial charge on any atom is 0.257 e. The zero-order chi connectivity index (χ0) is 19.9. The first-order valence-corrected chi connectivity index (χ1v) is 9.47. The van der Waals surface area contributed by atoms with Crippen molar-refractivity contribution in [2.45, 2.75) is 20.3 Å². The Kier molecular flexibility index (Phi) is 6.49. The Morgan fingerprint density at radius 2 is 1.89 bits per heavy atom. The molecule has 0 saturated heterocycles. The Hall–Kier alpha value is -3.07. The number of rotatable bonds is 5. The third kappa shape index (κ3) is 5.71. The van der Waals surface area contributed by atoms with Crippen molar-refractivity contribution in [3.8, 4) is 0 Å². The van der Waals surface area contributed by atoms with Crippen molar-refractivity contribution >= 4 is 33.7 Å². The standard InChI is InChI=1S/C19H20BrN7O/c1-12-9-13(2)25-19(24-12)27-18(22-8-7-16-10-21-11-23-16)26-17(28)14-3-5-15(20)6-4-14/h3-6,9-11H,7-8H2,1-2H3,(H,21,23)(H2,22,24,25,26,27,28). The monoisotopic (exact) mass is 441 g/mol. The van der Waals surface area contributed by atoms with Crippen LogP contribution in [-0.4, -0.2) is 38.3 Å². The van der Waals surface area contributed by atoms with Crippen LogP contribution in [0.15, 0.2) is 52.3 Å². The lowest BCUT2D eigenvalue weighted by atomic mass is 10.2. The van der Waals surface area contributed by atoms with E-state index >= 15 is 0 Å². The number of guanidine groups is 1. The fourth-order valence-electron chi connectivity index (χ4n) is 2.49. The van der Waals surface area contributed by atoms with Gasteiger partial charge >= 0.3 is 0 Å². The third-order valence-electron chi connectivity index (χ3n) is 3.76. The first kappa shape index (κ1) is 19.7. The van der Waals surface area contributed by atoms with E-state index in [2.05, 4.69) is 51.5 Å². The molecule has 0 fully saturated rings. The molecule has 2 heterocycles. The van der Waals surface area contributed by atoms with Gasteiger partial charge in [-0.25, -0.2) is 15.0 Å². The predicted octanol–water partition coefficient (Wildman–Crippen LogP) is 3.02. The van der Waals surface area contributed by atoms with Crippen molar-refractivity contribution in [2.24, 2.45) is 4.99 Å². The quantitative estimate of drug-likeness (QED) is 0.416. The molecule has 0 unspecified atom stereocenters. The van der Waals surface area contributed by atoms with Crippen LogP contribution in [0.4, 0.5) is 5.95 Å². The molecule has 3 aromatic rings. The second kappa shape index (κ2) is 9.23. The number of nitrogens with one attached hydrogen (secondary N) is 3. The van der Waals surface area contributed by atoms with E-state index in [0.717, 1.165) is 21.6 Å². The Bertz CT molecular complexity index is 948. The smallest absolute Gasteiger partial charge is 0.257 e. The van der Waals surface area contributed by atoms with E-state index < -0.39 is 0 Å². The third-order valence-corrected chi connectivity index (χ3v) is 4.29. The molecule has 0 aliphatic carbocycles. The summed E-state index contributed by atoms with van der Waals surface area (Å²) in [4.78, 5) is 32.8. The molecule has 28 heavy (non-hydrogen) atoms. The number of carbonyl (C=O) groups excluding carboxylic acids is 1. The van der Waals surface area contributed by atoms with Gasteiger partial charge in [-0.15, -0.1) is 0 Å². The van der Waals surface area contributed by atoms with Gasteiger partial charge in [-0.05, 0) is 44.2 Å². The number of halogens is 1. The Morgan fingerprint density at radius 1 is 1.18 bits per heavy atom. The summed E-state index contributed by atoms with van der Waals surface area (Å²) in [5, 5.41) is 5.81. The highest BCUT2D eigenvalue weighted by Gasteiger charge is 2.11. The van der Waals surface area contributed by atoms with Crippen molar-refractivity contribution in [3.05, 3.63) is 70.0 Å². The molecule has 1 amide bonds. The number of aliphatic imine (C=N–C) groups is 1. The average molecular weight is 442 g/mol. The van der Waals surface area contributed by atoms with Crippen molar-refractivity contribution < 1.29 is 4.79 Å². The number of anilines is 1. The summed E-state index contributed by atoms with van der Waals surface area (Å²) in [6.07, 6.45) is 4.03. The number of aryl methyl sites for hydroxylation is 2. The lowest BCUT2D eigenvalue weighted by Gasteiger charge is -2.11. The van der Waals surface area contributed by atoms with Gasteiger partial charge in [0.1, 0.15) is 0 Å². The Balaban J connectivity index is 1.76. The van der Waals surface area contributed by atoms with E-state index in [1.807, 2.05) is 32.0 Å². The molecule has 9 heteroatoms. The Morgan fingerprint density at radius 3 is 2.54 bits per heavy atom. The molecule has 0 bridgehead atoms. The Labute approximate surface area is 171 Å². The van der Waals surface area contributed by atoms with Crippen LogP contribution in [0.1, 0.15) is 27.4 Å². The summed E-state index contributed by atoms with van der Waals surface area (Å²) in [5.74, 6) is 0.399. The number of hydrogen-bond donors (Lipinski definition) is 3. The number of carbonyl (C=O) groups is 1. The maximum atomic E-state index is 12.6. The first-order chi connectivity index (χ1) is 13.5. The van der Waals surface area contributed by atoms with Gasteiger partial charge in [0, 0.05) is 46.3 Å². The molecule has 0 aliphatic heterocycles. The number of aromatic nitrogens is 4. The number of imidazole rings is 1. The zero-order valence-corrected chi connectivity index (χ0v) is 17.1. The second-order valence-electron chi connectivity index (χ2n) is 6.12. The van der Waals surface area contributed by atoms with E-state index in [0.29, 0.717) is 24.5 Å². The van der Waals surface area contributed by atoms with Crippen molar-refractivity contribution in [1.29, 1.82) is 0 Å². The SMILES string of the molecule is Cc1cc(C)nc(NC(=NCCc2cnc[nH]2)NC(=O)c2ccc(Br)cc2)n1. The van der Waals surface area contributed by atoms with Crippen LogP contribution in [0.2, 0.25) is 0 Å². The largest absolute Gasteiger partial charge is 0.348 e. The molecule has 2 aromatic heterocycles. The van der Waals surface area contributed by atoms with Crippen LogP contribution in [0, 0.1) is 13.8 Å².